The Morgan fingerprint density at radius 2 is 2.14 bits per heavy atom. The first-order chi connectivity index (χ1) is 10.1. The summed E-state index contributed by atoms with van der Waals surface area (Å²) in [6, 6.07) is 5.10. The molecule has 0 fully saturated rings. The van der Waals surface area contributed by atoms with Crippen molar-refractivity contribution in [2.75, 3.05) is 5.32 Å². The standard InChI is InChI=1S/C16H19N3O2/c1-3-19-10-12(7-8-15(19)20)17-16(21)14-9-11-5-4-6-13(11)18(14)2/h7-10H,3-6H2,1-2H3,(H,17,21). The molecule has 2 aromatic rings. The lowest BCUT2D eigenvalue weighted by Crippen LogP contribution is -2.21. The molecule has 2 aromatic heterocycles. The fourth-order valence-electron chi connectivity index (χ4n) is 2.96. The van der Waals surface area contributed by atoms with Gasteiger partial charge in [0, 0.05) is 31.5 Å². The van der Waals surface area contributed by atoms with Crippen LogP contribution in [0.1, 0.15) is 35.1 Å². The number of aromatic nitrogens is 2. The van der Waals surface area contributed by atoms with Gasteiger partial charge in [-0.1, -0.05) is 0 Å². The summed E-state index contributed by atoms with van der Waals surface area (Å²) in [5.41, 5.74) is 3.80. The van der Waals surface area contributed by atoms with Gasteiger partial charge in [-0.15, -0.1) is 0 Å². The predicted octanol–water partition coefficient (Wildman–Crippen LogP) is 1.95. The molecule has 1 aliphatic rings. The zero-order valence-corrected chi connectivity index (χ0v) is 12.3. The zero-order chi connectivity index (χ0) is 15.0. The minimum atomic E-state index is -0.131. The maximum absolute atomic E-state index is 12.4. The monoisotopic (exact) mass is 285 g/mol. The van der Waals surface area contributed by atoms with Crippen molar-refractivity contribution < 1.29 is 4.79 Å². The molecule has 0 saturated carbocycles. The number of rotatable bonds is 3. The Labute approximate surface area is 123 Å². The Hall–Kier alpha value is -2.30. The molecule has 110 valence electrons. The molecule has 0 atom stereocenters. The van der Waals surface area contributed by atoms with Crippen LogP contribution in [0, 0.1) is 0 Å². The average Bonchev–Trinajstić information content (AvgIpc) is 3.04. The van der Waals surface area contributed by atoms with Crippen LogP contribution in [0.4, 0.5) is 5.69 Å². The van der Waals surface area contributed by atoms with Crippen LogP contribution in [0.3, 0.4) is 0 Å². The van der Waals surface area contributed by atoms with Crippen LogP contribution in [0.25, 0.3) is 0 Å². The summed E-state index contributed by atoms with van der Waals surface area (Å²) in [6.45, 7) is 2.48. The van der Waals surface area contributed by atoms with E-state index in [1.165, 1.54) is 23.7 Å². The Morgan fingerprint density at radius 3 is 2.86 bits per heavy atom. The summed E-state index contributed by atoms with van der Waals surface area (Å²) in [7, 11) is 1.94. The van der Waals surface area contributed by atoms with Crippen molar-refractivity contribution in [3.8, 4) is 0 Å². The third-order valence-corrected chi connectivity index (χ3v) is 4.12. The molecule has 1 aliphatic carbocycles. The van der Waals surface area contributed by atoms with Gasteiger partial charge in [-0.25, -0.2) is 0 Å². The molecule has 1 amide bonds. The molecule has 0 bridgehead atoms. The number of carbonyl (C=O) groups excluding carboxylic acids is 1. The van der Waals surface area contributed by atoms with E-state index in [2.05, 4.69) is 5.32 Å². The number of nitrogens with zero attached hydrogens (tertiary/aromatic N) is 2. The predicted molar refractivity (Wildman–Crippen MR) is 81.8 cm³/mol. The van der Waals surface area contributed by atoms with Crippen molar-refractivity contribution >= 4 is 11.6 Å². The highest BCUT2D eigenvalue weighted by molar-refractivity contribution is 6.03. The number of anilines is 1. The van der Waals surface area contributed by atoms with Crippen LogP contribution in [0.2, 0.25) is 0 Å². The van der Waals surface area contributed by atoms with Gasteiger partial charge in [-0.05, 0) is 43.9 Å². The van der Waals surface area contributed by atoms with E-state index < -0.39 is 0 Å². The fraction of sp³-hybridized carbons (Fsp3) is 0.375. The minimum Gasteiger partial charge on any atom is -0.343 e. The van der Waals surface area contributed by atoms with Gasteiger partial charge in [0.05, 0.1) is 5.69 Å². The van der Waals surface area contributed by atoms with E-state index in [1.807, 2.05) is 24.6 Å². The largest absolute Gasteiger partial charge is 0.343 e. The summed E-state index contributed by atoms with van der Waals surface area (Å²) in [4.78, 5) is 24.0. The van der Waals surface area contributed by atoms with E-state index in [0.29, 0.717) is 17.9 Å². The Morgan fingerprint density at radius 1 is 1.33 bits per heavy atom. The van der Waals surface area contributed by atoms with Crippen LogP contribution >= 0.6 is 0 Å². The van der Waals surface area contributed by atoms with Crippen LogP contribution in [0.15, 0.2) is 29.2 Å². The van der Waals surface area contributed by atoms with Gasteiger partial charge >= 0.3 is 0 Å². The number of pyridine rings is 1. The molecule has 5 heteroatoms. The molecule has 0 aliphatic heterocycles. The van der Waals surface area contributed by atoms with E-state index in [0.717, 1.165) is 12.8 Å². The van der Waals surface area contributed by atoms with Gasteiger partial charge in [0.15, 0.2) is 0 Å². The number of hydrogen-bond donors (Lipinski definition) is 1. The summed E-state index contributed by atoms with van der Waals surface area (Å²) < 4.78 is 3.55. The third-order valence-electron chi connectivity index (χ3n) is 4.12. The van der Waals surface area contributed by atoms with E-state index in [9.17, 15) is 9.59 Å². The maximum Gasteiger partial charge on any atom is 0.272 e. The number of nitrogens with one attached hydrogen (secondary N) is 1. The molecule has 0 radical (unpaired) electrons. The second-order valence-corrected chi connectivity index (χ2v) is 5.41. The van der Waals surface area contributed by atoms with Crippen LogP contribution in [0.5, 0.6) is 0 Å². The number of carbonyl (C=O) groups is 1. The van der Waals surface area contributed by atoms with Gasteiger partial charge < -0.3 is 14.5 Å². The van der Waals surface area contributed by atoms with Crippen LogP contribution in [-0.2, 0) is 26.4 Å². The molecule has 5 nitrogen and oxygen atoms in total. The van der Waals surface area contributed by atoms with E-state index in [-0.39, 0.29) is 11.5 Å². The lowest BCUT2D eigenvalue weighted by Gasteiger charge is -2.09. The number of aryl methyl sites for hydroxylation is 2. The second kappa shape index (κ2) is 5.24. The number of fused-ring (bicyclic) bond motifs is 1. The molecule has 21 heavy (non-hydrogen) atoms. The number of amides is 1. The molecular weight excluding hydrogens is 266 g/mol. The van der Waals surface area contributed by atoms with Gasteiger partial charge in [-0.2, -0.15) is 0 Å². The summed E-state index contributed by atoms with van der Waals surface area (Å²) in [5.74, 6) is -0.131. The molecule has 0 saturated heterocycles. The van der Waals surface area contributed by atoms with Crippen molar-refractivity contribution in [1.82, 2.24) is 9.13 Å². The first kappa shape index (κ1) is 13.7. The van der Waals surface area contributed by atoms with Gasteiger partial charge in [-0.3, -0.25) is 9.59 Å². The molecule has 3 rings (SSSR count). The SMILES string of the molecule is CCn1cc(NC(=O)c2cc3c(n2C)CCC3)ccc1=O. The first-order valence-corrected chi connectivity index (χ1v) is 7.29. The van der Waals surface area contributed by atoms with Gasteiger partial charge in [0.2, 0.25) is 0 Å². The summed E-state index contributed by atoms with van der Waals surface area (Å²) in [6.07, 6.45) is 4.94. The van der Waals surface area contributed by atoms with E-state index in [4.69, 9.17) is 0 Å². The van der Waals surface area contributed by atoms with Gasteiger partial charge in [0.1, 0.15) is 5.69 Å². The fourth-order valence-corrected chi connectivity index (χ4v) is 2.96. The Bertz CT molecular complexity index is 755. The molecule has 1 N–H and O–H groups in total. The molecule has 0 spiro atoms. The molecule has 0 aromatic carbocycles. The summed E-state index contributed by atoms with van der Waals surface area (Å²) >= 11 is 0. The van der Waals surface area contributed by atoms with Crippen LogP contribution < -0.4 is 10.9 Å². The lowest BCUT2D eigenvalue weighted by atomic mass is 10.2. The van der Waals surface area contributed by atoms with Gasteiger partial charge in [0.25, 0.3) is 11.5 Å². The summed E-state index contributed by atoms with van der Waals surface area (Å²) in [5, 5.41) is 2.87. The first-order valence-electron chi connectivity index (χ1n) is 7.29. The van der Waals surface area contributed by atoms with Crippen molar-refractivity contribution in [3.63, 3.8) is 0 Å². The van der Waals surface area contributed by atoms with Crippen molar-refractivity contribution in [2.24, 2.45) is 7.05 Å². The van der Waals surface area contributed by atoms with Crippen molar-refractivity contribution in [3.05, 3.63) is 51.7 Å². The van der Waals surface area contributed by atoms with Crippen molar-refractivity contribution in [2.45, 2.75) is 32.7 Å². The highest BCUT2D eigenvalue weighted by atomic mass is 16.2. The average molecular weight is 285 g/mol. The van der Waals surface area contributed by atoms with E-state index in [1.54, 1.807) is 16.8 Å². The number of hydrogen-bond acceptors (Lipinski definition) is 2. The highest BCUT2D eigenvalue weighted by Gasteiger charge is 2.21. The van der Waals surface area contributed by atoms with E-state index >= 15 is 0 Å². The minimum absolute atomic E-state index is 0.0617. The normalized spacial score (nSPS) is 13.2. The Kier molecular flexibility index (Phi) is 3.41. The molecular formula is C16H19N3O2. The maximum atomic E-state index is 12.4. The topological polar surface area (TPSA) is 56.0 Å². The zero-order valence-electron chi connectivity index (χ0n) is 12.3. The van der Waals surface area contributed by atoms with Crippen molar-refractivity contribution in [1.29, 1.82) is 0 Å². The smallest absolute Gasteiger partial charge is 0.272 e. The molecule has 0 unspecified atom stereocenters. The quantitative estimate of drug-likeness (QED) is 0.937. The van der Waals surface area contributed by atoms with Crippen LogP contribution in [-0.4, -0.2) is 15.0 Å². The highest BCUT2D eigenvalue weighted by Crippen LogP contribution is 2.25. The Balaban J connectivity index is 1.85. The molecule has 2 heterocycles. The second-order valence-electron chi connectivity index (χ2n) is 5.41. The lowest BCUT2D eigenvalue weighted by molar-refractivity contribution is 0.101. The third kappa shape index (κ3) is 2.39.